The molecule has 1 aromatic rings. The zero-order chi connectivity index (χ0) is 29.2. The number of nitrogens with two attached hydrogens (primary N) is 1. The van der Waals surface area contributed by atoms with Gasteiger partial charge in [-0.15, -0.1) is 0 Å². The molecule has 14 heteroatoms. The number of halogens is 3. The second-order valence-corrected chi connectivity index (χ2v) is 9.24. The van der Waals surface area contributed by atoms with Crippen molar-refractivity contribution < 1.29 is 47.3 Å². The Morgan fingerprint density at radius 1 is 1.08 bits per heavy atom. The number of hydrogen-bond acceptors (Lipinski definition) is 6. The van der Waals surface area contributed by atoms with E-state index in [9.17, 15) is 27.6 Å². The van der Waals surface area contributed by atoms with Gasteiger partial charge in [-0.3, -0.25) is 19.8 Å². The minimum atomic E-state index is -5.08. The van der Waals surface area contributed by atoms with Gasteiger partial charge < -0.3 is 30.5 Å². The molecule has 0 aromatic heterocycles. The smallest absolute Gasteiger partial charge is 0.490 e. The van der Waals surface area contributed by atoms with Crippen LogP contribution in [0.5, 0.6) is 5.75 Å². The van der Waals surface area contributed by atoms with E-state index >= 15 is 0 Å². The number of alkyl halides is 3. The number of amides is 2. The zero-order valence-corrected chi connectivity index (χ0v) is 21.3. The molecule has 1 aliphatic carbocycles. The maximum absolute atomic E-state index is 13.3. The number of anilines is 1. The lowest BCUT2D eigenvalue weighted by Gasteiger charge is -2.34. The Morgan fingerprint density at radius 2 is 1.72 bits per heavy atom. The van der Waals surface area contributed by atoms with Gasteiger partial charge in [0, 0.05) is 19.0 Å². The number of carboxylic acid groups (broad SMARTS) is 2. The van der Waals surface area contributed by atoms with Crippen LogP contribution in [0.3, 0.4) is 0 Å². The molecular weight excluding hydrogens is 525 g/mol. The molecule has 0 bridgehead atoms. The average Bonchev–Trinajstić information content (AvgIpc) is 2.96. The quantitative estimate of drug-likeness (QED) is 0.192. The van der Waals surface area contributed by atoms with Crippen LogP contribution >= 0.6 is 0 Å². The number of carbonyl (C=O) groups is 4. The molecule has 3 rings (SSSR count). The van der Waals surface area contributed by atoms with Crippen molar-refractivity contribution in [1.82, 2.24) is 4.90 Å². The van der Waals surface area contributed by atoms with E-state index in [2.05, 4.69) is 0 Å². The summed E-state index contributed by atoms with van der Waals surface area (Å²) in [5, 5.41) is 23.5. The number of ether oxygens (including phenoxy) is 1. The molecule has 1 aliphatic heterocycles. The number of aliphatic carboxylic acids is 2. The van der Waals surface area contributed by atoms with Gasteiger partial charge in [0.1, 0.15) is 12.3 Å². The van der Waals surface area contributed by atoms with E-state index in [1.54, 1.807) is 23.1 Å². The maximum atomic E-state index is 13.3. The zero-order valence-electron chi connectivity index (χ0n) is 21.3. The number of fused-ring (bicyclic) bond motifs is 1. The monoisotopic (exact) mass is 558 g/mol. The molecule has 0 unspecified atom stereocenters. The normalized spacial score (nSPS) is 16.1. The van der Waals surface area contributed by atoms with Crippen LogP contribution in [0.25, 0.3) is 0 Å². The van der Waals surface area contributed by atoms with Crippen molar-refractivity contribution in [3.05, 3.63) is 23.8 Å². The van der Waals surface area contributed by atoms with E-state index in [1.165, 1.54) is 4.90 Å². The van der Waals surface area contributed by atoms with Gasteiger partial charge in [-0.1, -0.05) is 19.3 Å². The van der Waals surface area contributed by atoms with Gasteiger partial charge in [0.25, 0.3) is 5.91 Å². The van der Waals surface area contributed by atoms with E-state index in [-0.39, 0.29) is 43.2 Å². The van der Waals surface area contributed by atoms with Crippen LogP contribution in [0.2, 0.25) is 0 Å². The number of benzene rings is 1. The highest BCUT2D eigenvalue weighted by molar-refractivity contribution is 6.10. The molecular formula is C25H33F3N4O7. The van der Waals surface area contributed by atoms with E-state index in [4.69, 9.17) is 30.9 Å². The molecule has 5 N–H and O–H groups in total. The Balaban J connectivity index is 0.000000673. The molecule has 39 heavy (non-hydrogen) atoms. The number of rotatable bonds is 10. The Morgan fingerprint density at radius 3 is 2.28 bits per heavy atom. The lowest BCUT2D eigenvalue weighted by molar-refractivity contribution is -0.192. The Hall–Kier alpha value is -3.84. The van der Waals surface area contributed by atoms with Crippen LogP contribution < -0.4 is 15.4 Å². The summed E-state index contributed by atoms with van der Waals surface area (Å²) >= 11 is 0. The number of unbranched alkanes of at least 4 members (excludes halogenated alkanes) is 1. The van der Waals surface area contributed by atoms with Crippen molar-refractivity contribution in [2.75, 3.05) is 24.6 Å². The number of carboxylic acids is 2. The summed E-state index contributed by atoms with van der Waals surface area (Å²) in [6.07, 6.45) is 1.70. The van der Waals surface area contributed by atoms with Crippen molar-refractivity contribution in [1.29, 1.82) is 5.41 Å². The van der Waals surface area contributed by atoms with Crippen LogP contribution in [0.15, 0.2) is 18.2 Å². The Kier molecular flexibility index (Phi) is 11.5. The predicted octanol–water partition coefficient (Wildman–Crippen LogP) is 3.40. The molecule has 0 atom stereocenters. The average molecular weight is 559 g/mol. The topological polar surface area (TPSA) is 174 Å². The van der Waals surface area contributed by atoms with Crippen molar-refractivity contribution in [2.45, 2.75) is 70.0 Å². The van der Waals surface area contributed by atoms with E-state index in [1.807, 2.05) is 0 Å². The second-order valence-electron chi connectivity index (χ2n) is 9.24. The molecule has 1 fully saturated rings. The van der Waals surface area contributed by atoms with Gasteiger partial charge in [-0.2, -0.15) is 13.2 Å². The van der Waals surface area contributed by atoms with E-state index < -0.39 is 18.1 Å². The first kappa shape index (κ1) is 31.4. The third-order valence-electron chi connectivity index (χ3n) is 6.23. The summed E-state index contributed by atoms with van der Waals surface area (Å²) in [6, 6.07) is 5.24. The van der Waals surface area contributed by atoms with Gasteiger partial charge in [0.15, 0.2) is 0 Å². The fourth-order valence-corrected chi connectivity index (χ4v) is 4.36. The third kappa shape index (κ3) is 9.76. The molecule has 0 radical (unpaired) electrons. The van der Waals surface area contributed by atoms with Crippen molar-refractivity contribution in [3.63, 3.8) is 0 Å². The number of nitrogens with one attached hydrogen (secondary N) is 1. The molecule has 1 saturated carbocycles. The largest absolute Gasteiger partial charge is 0.494 e. The van der Waals surface area contributed by atoms with Gasteiger partial charge in [0.05, 0.1) is 30.1 Å². The number of amidine groups is 1. The summed E-state index contributed by atoms with van der Waals surface area (Å²) in [4.78, 5) is 49.5. The molecule has 11 nitrogen and oxygen atoms in total. The summed E-state index contributed by atoms with van der Waals surface area (Å²) in [5.41, 5.74) is 6.31. The fourth-order valence-electron chi connectivity index (χ4n) is 4.36. The van der Waals surface area contributed by atoms with E-state index in [0.29, 0.717) is 30.0 Å². The predicted molar refractivity (Wildman–Crippen MR) is 134 cm³/mol. The van der Waals surface area contributed by atoms with Gasteiger partial charge >= 0.3 is 18.1 Å². The van der Waals surface area contributed by atoms with Gasteiger partial charge in [-0.05, 0) is 43.9 Å². The van der Waals surface area contributed by atoms with Crippen LogP contribution in [0, 0.1) is 5.41 Å². The SMILES string of the molecule is N=C(N)CCCCOc1ccc2c(c1)C(=O)N(CCC(=O)O)CC(=O)N2C1CCCCC1.O=C(O)C(F)(F)F. The number of hydrogen-bond donors (Lipinski definition) is 4. The standard InChI is InChI=1S/C23H32N4O5.C2HF3O2/c24-20(25)8-4-5-13-32-17-9-10-19-18(14-17)23(31)26(12-11-22(29)30)15-21(28)27(19)16-6-2-1-3-7-16;3-2(4,5)1(6)7/h9-10,14,16H,1-8,11-13,15H2,(H3,24,25)(H,29,30);(H,6,7). The molecule has 2 amide bonds. The first-order chi connectivity index (χ1) is 18.3. The lowest BCUT2D eigenvalue weighted by atomic mass is 9.93. The minimum Gasteiger partial charge on any atom is -0.494 e. The van der Waals surface area contributed by atoms with Crippen LogP contribution in [-0.2, 0) is 14.4 Å². The lowest BCUT2D eigenvalue weighted by Crippen LogP contribution is -2.45. The van der Waals surface area contributed by atoms with Crippen LogP contribution in [-0.4, -0.2) is 76.6 Å². The third-order valence-corrected chi connectivity index (χ3v) is 6.23. The summed E-state index contributed by atoms with van der Waals surface area (Å²) in [6.45, 7) is 0.279. The highest BCUT2D eigenvalue weighted by Gasteiger charge is 2.38. The Labute approximate surface area is 223 Å². The summed E-state index contributed by atoms with van der Waals surface area (Å²) in [5.74, 6) is -3.62. The van der Waals surface area contributed by atoms with Crippen LogP contribution in [0.4, 0.5) is 18.9 Å². The first-order valence-corrected chi connectivity index (χ1v) is 12.5. The molecule has 0 saturated heterocycles. The van der Waals surface area contributed by atoms with Crippen molar-refractivity contribution >= 4 is 35.3 Å². The molecule has 1 heterocycles. The van der Waals surface area contributed by atoms with Crippen molar-refractivity contribution in [2.24, 2.45) is 5.73 Å². The Bertz CT molecular complexity index is 1060. The highest BCUT2D eigenvalue weighted by Crippen LogP contribution is 2.34. The highest BCUT2D eigenvalue weighted by atomic mass is 19.4. The number of nitrogens with zero attached hydrogens (tertiary/aromatic N) is 2. The summed E-state index contributed by atoms with van der Waals surface area (Å²) < 4.78 is 37.5. The summed E-state index contributed by atoms with van der Waals surface area (Å²) in [7, 11) is 0. The van der Waals surface area contributed by atoms with Crippen molar-refractivity contribution in [3.8, 4) is 5.75 Å². The molecule has 216 valence electrons. The minimum absolute atomic E-state index is 0.0199. The van der Waals surface area contributed by atoms with Gasteiger partial charge in [0.2, 0.25) is 5.91 Å². The second kappa shape index (κ2) is 14.4. The molecule has 2 aliphatic rings. The number of carbonyl (C=O) groups excluding carboxylic acids is 2. The fraction of sp³-hybridized carbons (Fsp3) is 0.560. The van der Waals surface area contributed by atoms with Gasteiger partial charge in [-0.25, -0.2) is 4.79 Å². The molecule has 0 spiro atoms. The van der Waals surface area contributed by atoms with E-state index in [0.717, 1.165) is 44.9 Å². The molecule has 1 aromatic carbocycles. The first-order valence-electron chi connectivity index (χ1n) is 12.5. The maximum Gasteiger partial charge on any atom is 0.490 e. The van der Waals surface area contributed by atoms with Crippen LogP contribution in [0.1, 0.15) is 68.1 Å².